The summed E-state index contributed by atoms with van der Waals surface area (Å²) in [5, 5.41) is 2.77. The summed E-state index contributed by atoms with van der Waals surface area (Å²) in [7, 11) is 1.32. The summed E-state index contributed by atoms with van der Waals surface area (Å²) < 4.78 is 10.5. The molecule has 1 N–H and O–H groups in total. The van der Waals surface area contributed by atoms with E-state index in [1.54, 1.807) is 24.3 Å². The molecule has 0 fully saturated rings. The second-order valence-electron chi connectivity index (χ2n) is 6.08. The molecule has 0 unspecified atom stereocenters. The number of para-hydroxylation sites is 1. The molecule has 0 aliphatic carbocycles. The van der Waals surface area contributed by atoms with Crippen LogP contribution in [0.5, 0.6) is 5.75 Å². The maximum Gasteiger partial charge on any atom is 0.337 e. The average Bonchev–Trinajstić information content (AvgIpc) is 2.74. The van der Waals surface area contributed by atoms with Crippen LogP contribution in [-0.2, 0) is 9.53 Å². The zero-order valence-electron chi connectivity index (χ0n) is 15.6. The Morgan fingerprint density at radius 3 is 2.43 bits per heavy atom. The van der Waals surface area contributed by atoms with Crippen molar-refractivity contribution in [2.75, 3.05) is 19.0 Å². The van der Waals surface area contributed by atoms with Crippen LogP contribution in [-0.4, -0.2) is 25.6 Å². The quantitative estimate of drug-likeness (QED) is 0.616. The predicted molar refractivity (Wildman–Crippen MR) is 108 cm³/mol. The third-order valence-electron chi connectivity index (χ3n) is 4.13. The van der Waals surface area contributed by atoms with E-state index in [0.29, 0.717) is 11.3 Å². The number of ether oxygens (including phenoxy) is 2. The number of hydrogen-bond acceptors (Lipinski definition) is 4. The molecule has 0 atom stereocenters. The zero-order valence-corrected chi connectivity index (χ0v) is 15.6. The molecule has 1 amide bonds. The molecule has 5 nitrogen and oxygen atoms in total. The summed E-state index contributed by atoms with van der Waals surface area (Å²) in [6.45, 7) is 0.242. The number of carbonyl (C=O) groups excluding carboxylic acids is 2. The van der Waals surface area contributed by atoms with Gasteiger partial charge in [0, 0.05) is 11.3 Å². The maximum atomic E-state index is 12.2. The van der Waals surface area contributed by atoms with E-state index in [0.717, 1.165) is 16.9 Å². The summed E-state index contributed by atoms with van der Waals surface area (Å²) in [4.78, 5) is 23.8. The molecule has 5 heteroatoms. The number of anilines is 1. The summed E-state index contributed by atoms with van der Waals surface area (Å²) in [6, 6.07) is 24.3. The molecule has 3 aromatic carbocycles. The Hall–Kier alpha value is -3.60. The maximum absolute atomic E-state index is 12.2. The van der Waals surface area contributed by atoms with Crippen LogP contribution in [0.25, 0.3) is 11.1 Å². The van der Waals surface area contributed by atoms with Crippen LogP contribution in [0.1, 0.15) is 16.8 Å². The van der Waals surface area contributed by atoms with E-state index in [2.05, 4.69) is 10.1 Å². The van der Waals surface area contributed by atoms with E-state index < -0.39 is 5.97 Å². The first-order chi connectivity index (χ1) is 13.7. The molecule has 0 bridgehead atoms. The number of amides is 1. The number of methoxy groups -OCH3 is 1. The van der Waals surface area contributed by atoms with Gasteiger partial charge in [-0.15, -0.1) is 0 Å². The molecule has 0 aromatic heterocycles. The van der Waals surface area contributed by atoms with Gasteiger partial charge < -0.3 is 14.8 Å². The zero-order chi connectivity index (χ0) is 19.8. The summed E-state index contributed by atoms with van der Waals surface area (Å²) >= 11 is 0. The molecule has 3 aromatic rings. The van der Waals surface area contributed by atoms with Gasteiger partial charge in [0.25, 0.3) is 0 Å². The number of benzene rings is 3. The van der Waals surface area contributed by atoms with Crippen LogP contribution in [0, 0.1) is 0 Å². The van der Waals surface area contributed by atoms with Gasteiger partial charge in [0.15, 0.2) is 0 Å². The SMILES string of the molecule is COC(=O)c1cccc(NC(=O)CCOc2ccccc2-c2ccccc2)c1. The Labute approximate surface area is 163 Å². The third-order valence-corrected chi connectivity index (χ3v) is 4.13. The van der Waals surface area contributed by atoms with Crippen LogP contribution < -0.4 is 10.1 Å². The highest BCUT2D eigenvalue weighted by atomic mass is 16.5. The minimum absolute atomic E-state index is 0.186. The summed E-state index contributed by atoms with van der Waals surface area (Å²) in [5.41, 5.74) is 2.96. The number of hydrogen-bond donors (Lipinski definition) is 1. The largest absolute Gasteiger partial charge is 0.492 e. The van der Waals surface area contributed by atoms with Crippen molar-refractivity contribution in [2.45, 2.75) is 6.42 Å². The highest BCUT2D eigenvalue weighted by molar-refractivity contribution is 5.94. The van der Waals surface area contributed by atoms with Crippen molar-refractivity contribution in [3.63, 3.8) is 0 Å². The molecule has 0 heterocycles. The van der Waals surface area contributed by atoms with Gasteiger partial charge in [0.2, 0.25) is 5.91 Å². The van der Waals surface area contributed by atoms with Gasteiger partial charge in [-0.2, -0.15) is 0 Å². The first-order valence-electron chi connectivity index (χ1n) is 8.93. The fraction of sp³-hybridized carbons (Fsp3) is 0.130. The van der Waals surface area contributed by atoms with Crippen LogP contribution in [0.3, 0.4) is 0 Å². The Morgan fingerprint density at radius 2 is 1.64 bits per heavy atom. The van der Waals surface area contributed by atoms with Gasteiger partial charge in [-0.1, -0.05) is 54.6 Å². The molecule has 0 spiro atoms. The fourth-order valence-corrected chi connectivity index (χ4v) is 2.77. The van der Waals surface area contributed by atoms with Gasteiger partial charge in [-0.05, 0) is 29.8 Å². The second-order valence-corrected chi connectivity index (χ2v) is 6.08. The Morgan fingerprint density at radius 1 is 0.893 bits per heavy atom. The molecule has 3 rings (SSSR count). The molecular weight excluding hydrogens is 354 g/mol. The predicted octanol–water partition coefficient (Wildman–Crippen LogP) is 4.55. The normalized spacial score (nSPS) is 10.2. The monoisotopic (exact) mass is 375 g/mol. The van der Waals surface area contributed by atoms with Crippen LogP contribution >= 0.6 is 0 Å². The highest BCUT2D eigenvalue weighted by Gasteiger charge is 2.09. The average molecular weight is 375 g/mol. The van der Waals surface area contributed by atoms with E-state index in [1.165, 1.54) is 7.11 Å². The lowest BCUT2D eigenvalue weighted by atomic mass is 10.1. The van der Waals surface area contributed by atoms with Crippen LogP contribution in [0.4, 0.5) is 5.69 Å². The van der Waals surface area contributed by atoms with Gasteiger partial charge in [0.1, 0.15) is 5.75 Å². The van der Waals surface area contributed by atoms with E-state index in [9.17, 15) is 9.59 Å². The standard InChI is InChI=1S/C23H21NO4/c1-27-23(26)18-10-7-11-19(16-18)24-22(25)14-15-28-21-13-6-5-12-20(21)17-8-3-2-4-9-17/h2-13,16H,14-15H2,1H3,(H,24,25). The molecule has 0 aliphatic heterocycles. The van der Waals surface area contributed by atoms with Gasteiger partial charge in [-0.25, -0.2) is 4.79 Å². The molecule has 0 radical (unpaired) electrons. The van der Waals surface area contributed by atoms with Crippen LogP contribution in [0.2, 0.25) is 0 Å². The molecule has 0 aliphatic rings. The third kappa shape index (κ3) is 4.98. The molecule has 142 valence electrons. The minimum atomic E-state index is -0.447. The number of esters is 1. The molecule has 28 heavy (non-hydrogen) atoms. The number of carbonyl (C=O) groups is 2. The Kier molecular flexibility index (Phi) is 6.41. The highest BCUT2D eigenvalue weighted by Crippen LogP contribution is 2.29. The van der Waals surface area contributed by atoms with E-state index in [1.807, 2.05) is 54.6 Å². The van der Waals surface area contributed by atoms with Gasteiger partial charge >= 0.3 is 5.97 Å². The van der Waals surface area contributed by atoms with Crippen molar-refractivity contribution < 1.29 is 19.1 Å². The van der Waals surface area contributed by atoms with E-state index in [-0.39, 0.29) is 18.9 Å². The Bertz CT molecular complexity index is 954. The Balaban J connectivity index is 1.58. The van der Waals surface area contributed by atoms with E-state index >= 15 is 0 Å². The lowest BCUT2D eigenvalue weighted by molar-refractivity contribution is -0.116. The van der Waals surface area contributed by atoms with Crippen molar-refractivity contribution in [2.24, 2.45) is 0 Å². The van der Waals surface area contributed by atoms with Crippen molar-refractivity contribution in [3.05, 3.63) is 84.4 Å². The van der Waals surface area contributed by atoms with Crippen LogP contribution in [0.15, 0.2) is 78.9 Å². The first-order valence-corrected chi connectivity index (χ1v) is 8.93. The lowest BCUT2D eigenvalue weighted by Gasteiger charge is -2.12. The topological polar surface area (TPSA) is 64.6 Å². The van der Waals surface area contributed by atoms with Crippen molar-refractivity contribution in [1.29, 1.82) is 0 Å². The smallest absolute Gasteiger partial charge is 0.337 e. The second kappa shape index (κ2) is 9.37. The minimum Gasteiger partial charge on any atom is -0.492 e. The van der Waals surface area contributed by atoms with Crippen molar-refractivity contribution >= 4 is 17.6 Å². The summed E-state index contributed by atoms with van der Waals surface area (Å²) in [6.07, 6.45) is 0.186. The van der Waals surface area contributed by atoms with Crippen molar-refractivity contribution in [3.8, 4) is 16.9 Å². The molecule has 0 saturated carbocycles. The number of rotatable bonds is 7. The lowest BCUT2D eigenvalue weighted by Crippen LogP contribution is -2.15. The molecule has 0 saturated heterocycles. The van der Waals surface area contributed by atoms with Gasteiger partial charge in [-0.3, -0.25) is 4.79 Å². The number of nitrogens with one attached hydrogen (secondary N) is 1. The van der Waals surface area contributed by atoms with Gasteiger partial charge in [0.05, 0.1) is 25.7 Å². The molecular formula is C23H21NO4. The summed E-state index contributed by atoms with van der Waals surface area (Å²) in [5.74, 6) is 0.0883. The fourth-order valence-electron chi connectivity index (χ4n) is 2.77. The van der Waals surface area contributed by atoms with E-state index in [4.69, 9.17) is 4.74 Å². The van der Waals surface area contributed by atoms with Crippen molar-refractivity contribution in [1.82, 2.24) is 0 Å². The first kappa shape index (κ1) is 19.2.